The molecule has 0 unspecified atom stereocenters. The van der Waals surface area contributed by atoms with Gasteiger partial charge >= 0.3 is 0 Å². The Hall–Kier alpha value is -1.69. The number of nitriles is 1. The Morgan fingerprint density at radius 1 is 1.69 bits per heavy atom. The molecule has 0 aromatic carbocycles. The molecule has 0 atom stereocenters. The van der Waals surface area contributed by atoms with Crippen LogP contribution in [0.4, 0.5) is 4.39 Å². The summed E-state index contributed by atoms with van der Waals surface area (Å²) < 4.78 is 12.5. The highest BCUT2D eigenvalue weighted by molar-refractivity contribution is 5.64. The van der Waals surface area contributed by atoms with Crippen LogP contribution < -0.4 is 0 Å². The molecule has 0 N–H and O–H groups in total. The summed E-state index contributed by atoms with van der Waals surface area (Å²) in [4.78, 5) is 3.87. The van der Waals surface area contributed by atoms with Crippen LogP contribution in [0.1, 0.15) is 19.0 Å². The fourth-order valence-electron chi connectivity index (χ4n) is 1.00. The third-order valence-electron chi connectivity index (χ3n) is 1.68. The lowest BCUT2D eigenvalue weighted by Gasteiger charge is -2.00. The molecule has 13 heavy (non-hydrogen) atoms. The van der Waals surface area contributed by atoms with Crippen LogP contribution in [0.3, 0.4) is 0 Å². The molecule has 66 valence electrons. The Bertz CT molecular complexity index is 346. The lowest BCUT2D eigenvalue weighted by molar-refractivity contribution is 0.621. The highest BCUT2D eigenvalue weighted by atomic mass is 19.1. The second-order valence-corrected chi connectivity index (χ2v) is 2.51. The third-order valence-corrected chi connectivity index (χ3v) is 1.68. The van der Waals surface area contributed by atoms with E-state index in [2.05, 4.69) is 4.98 Å². The smallest absolute Gasteiger partial charge is 0.141 e. The summed E-state index contributed by atoms with van der Waals surface area (Å²) in [5.41, 5.74) is 1.48. The fourth-order valence-corrected chi connectivity index (χ4v) is 1.00. The molecule has 0 saturated carbocycles. The summed E-state index contributed by atoms with van der Waals surface area (Å²) in [5, 5.41) is 8.46. The van der Waals surface area contributed by atoms with Crippen LogP contribution in [-0.2, 0) is 0 Å². The van der Waals surface area contributed by atoms with E-state index in [1.165, 1.54) is 12.1 Å². The topological polar surface area (TPSA) is 36.7 Å². The minimum Gasteiger partial charge on any atom is -0.254 e. The molecular formula is C10H9FN2. The average molecular weight is 176 g/mol. The molecule has 0 spiro atoms. The highest BCUT2D eigenvalue weighted by Crippen LogP contribution is 2.14. The molecule has 0 fully saturated rings. The van der Waals surface area contributed by atoms with Gasteiger partial charge in [-0.25, -0.2) is 4.39 Å². The second-order valence-electron chi connectivity index (χ2n) is 2.51. The van der Waals surface area contributed by atoms with E-state index < -0.39 is 0 Å². The second kappa shape index (κ2) is 4.36. The van der Waals surface area contributed by atoms with Gasteiger partial charge in [0.05, 0.1) is 18.0 Å². The number of rotatable bonds is 2. The van der Waals surface area contributed by atoms with Gasteiger partial charge in [-0.1, -0.05) is 6.92 Å². The summed E-state index contributed by atoms with van der Waals surface area (Å²) in [6.07, 6.45) is 3.29. The maximum atomic E-state index is 12.5. The standard InChI is InChI=1S/C10H9FN2/c1-2-8(5-6-12)10-4-3-9(11)7-13-10/h3-5,7H,2H2,1H3/b8-5-. The maximum absolute atomic E-state index is 12.5. The molecule has 1 heterocycles. The van der Waals surface area contributed by atoms with Crippen molar-refractivity contribution in [3.05, 3.63) is 35.9 Å². The first kappa shape index (κ1) is 9.40. The van der Waals surface area contributed by atoms with Gasteiger partial charge in [0.2, 0.25) is 0 Å². The number of hydrogen-bond acceptors (Lipinski definition) is 2. The number of pyridine rings is 1. The van der Waals surface area contributed by atoms with Gasteiger partial charge in [0, 0.05) is 6.08 Å². The van der Waals surface area contributed by atoms with Gasteiger partial charge in [-0.3, -0.25) is 4.98 Å². The van der Waals surface area contributed by atoms with Crippen molar-refractivity contribution in [3.63, 3.8) is 0 Å². The Kier molecular flexibility index (Phi) is 3.15. The minimum absolute atomic E-state index is 0.365. The number of allylic oxidation sites excluding steroid dienone is 2. The Morgan fingerprint density at radius 3 is 2.92 bits per heavy atom. The van der Waals surface area contributed by atoms with Crippen LogP contribution in [0.5, 0.6) is 0 Å². The molecule has 3 heteroatoms. The van der Waals surface area contributed by atoms with E-state index in [9.17, 15) is 4.39 Å². The molecule has 0 saturated heterocycles. The van der Waals surface area contributed by atoms with E-state index in [-0.39, 0.29) is 5.82 Å². The van der Waals surface area contributed by atoms with Crippen molar-refractivity contribution in [1.29, 1.82) is 5.26 Å². The maximum Gasteiger partial charge on any atom is 0.141 e. The summed E-state index contributed by atoms with van der Waals surface area (Å²) >= 11 is 0. The predicted molar refractivity (Wildman–Crippen MR) is 48.1 cm³/mol. The number of halogens is 1. The van der Waals surface area contributed by atoms with Crippen molar-refractivity contribution in [2.24, 2.45) is 0 Å². The van der Waals surface area contributed by atoms with E-state index in [0.717, 1.165) is 11.8 Å². The molecule has 1 aromatic rings. The van der Waals surface area contributed by atoms with Crippen molar-refractivity contribution < 1.29 is 4.39 Å². The van der Waals surface area contributed by atoms with Crippen molar-refractivity contribution in [3.8, 4) is 6.07 Å². The molecule has 0 bridgehead atoms. The first-order valence-corrected chi connectivity index (χ1v) is 3.98. The number of aromatic nitrogens is 1. The van der Waals surface area contributed by atoms with E-state index in [4.69, 9.17) is 5.26 Å². The summed E-state index contributed by atoms with van der Waals surface area (Å²) in [7, 11) is 0. The average Bonchev–Trinajstić information content (AvgIpc) is 2.16. The van der Waals surface area contributed by atoms with Gasteiger partial charge in [0.25, 0.3) is 0 Å². The van der Waals surface area contributed by atoms with Crippen LogP contribution >= 0.6 is 0 Å². The van der Waals surface area contributed by atoms with Crippen LogP contribution in [0, 0.1) is 17.1 Å². The molecule has 1 rings (SSSR count). The van der Waals surface area contributed by atoms with Gasteiger partial charge in [-0.15, -0.1) is 0 Å². The van der Waals surface area contributed by atoms with Crippen molar-refractivity contribution >= 4 is 5.57 Å². The quantitative estimate of drug-likeness (QED) is 0.649. The van der Waals surface area contributed by atoms with Crippen LogP contribution in [0.2, 0.25) is 0 Å². The molecular weight excluding hydrogens is 167 g/mol. The van der Waals surface area contributed by atoms with Crippen LogP contribution in [0.25, 0.3) is 5.57 Å². The predicted octanol–water partition coefficient (Wildman–Crippen LogP) is 2.54. The molecule has 0 aliphatic heterocycles. The van der Waals surface area contributed by atoms with E-state index in [0.29, 0.717) is 12.1 Å². The highest BCUT2D eigenvalue weighted by Gasteiger charge is 2.00. The molecule has 0 amide bonds. The van der Waals surface area contributed by atoms with Gasteiger partial charge < -0.3 is 0 Å². The van der Waals surface area contributed by atoms with Crippen LogP contribution in [-0.4, -0.2) is 4.98 Å². The van der Waals surface area contributed by atoms with E-state index in [1.54, 1.807) is 6.07 Å². The first-order chi connectivity index (χ1) is 6.27. The van der Waals surface area contributed by atoms with Crippen molar-refractivity contribution in [2.75, 3.05) is 0 Å². The van der Waals surface area contributed by atoms with E-state index >= 15 is 0 Å². The monoisotopic (exact) mass is 176 g/mol. The minimum atomic E-state index is -0.365. The molecule has 1 aromatic heterocycles. The molecule has 0 aliphatic rings. The van der Waals surface area contributed by atoms with Crippen molar-refractivity contribution in [2.45, 2.75) is 13.3 Å². The fraction of sp³-hybridized carbons (Fsp3) is 0.200. The van der Waals surface area contributed by atoms with Gasteiger partial charge in [0.1, 0.15) is 5.82 Å². The number of hydrogen-bond donors (Lipinski definition) is 0. The Balaban J connectivity index is 3.01. The van der Waals surface area contributed by atoms with Crippen LogP contribution in [0.15, 0.2) is 24.4 Å². The first-order valence-electron chi connectivity index (χ1n) is 3.98. The Labute approximate surface area is 76.3 Å². The van der Waals surface area contributed by atoms with Gasteiger partial charge in [-0.05, 0) is 24.1 Å². The van der Waals surface area contributed by atoms with Gasteiger partial charge in [0.15, 0.2) is 0 Å². The zero-order chi connectivity index (χ0) is 9.68. The molecule has 0 aliphatic carbocycles. The third kappa shape index (κ3) is 2.38. The van der Waals surface area contributed by atoms with E-state index in [1.807, 2.05) is 13.0 Å². The zero-order valence-electron chi connectivity index (χ0n) is 7.29. The van der Waals surface area contributed by atoms with Gasteiger partial charge in [-0.2, -0.15) is 5.26 Å². The summed E-state index contributed by atoms with van der Waals surface area (Å²) in [6, 6.07) is 4.84. The normalized spacial score (nSPS) is 11.0. The summed E-state index contributed by atoms with van der Waals surface area (Å²) in [5.74, 6) is -0.365. The molecule has 0 radical (unpaired) electrons. The molecule has 2 nitrogen and oxygen atoms in total. The zero-order valence-corrected chi connectivity index (χ0v) is 7.29. The number of nitrogens with zero attached hydrogens (tertiary/aromatic N) is 2. The lowest BCUT2D eigenvalue weighted by atomic mass is 10.1. The SMILES string of the molecule is CC/C(=C/C#N)c1ccc(F)cn1. The largest absolute Gasteiger partial charge is 0.254 e. The van der Waals surface area contributed by atoms with Crippen molar-refractivity contribution in [1.82, 2.24) is 4.98 Å². The Morgan fingerprint density at radius 2 is 2.46 bits per heavy atom. The summed E-state index contributed by atoms with van der Waals surface area (Å²) in [6.45, 7) is 1.92. The lowest BCUT2D eigenvalue weighted by Crippen LogP contribution is -1.88.